The zero-order chi connectivity index (χ0) is 21.7. The highest BCUT2D eigenvalue weighted by molar-refractivity contribution is 5.98. The maximum absolute atomic E-state index is 12.6. The smallest absolute Gasteiger partial charge is 0.262 e. The molecule has 0 radical (unpaired) electrons. The maximum Gasteiger partial charge on any atom is 0.262 e. The topological polar surface area (TPSA) is 118 Å². The van der Waals surface area contributed by atoms with Crippen molar-refractivity contribution < 1.29 is 28.9 Å². The lowest BCUT2D eigenvalue weighted by Crippen LogP contribution is -2.48. The van der Waals surface area contributed by atoms with E-state index in [9.17, 15) is 14.7 Å². The molecule has 2 amide bonds. The van der Waals surface area contributed by atoms with Gasteiger partial charge < -0.3 is 24.6 Å². The molecule has 3 N–H and O–H groups in total. The number of hydrogen-bond donors (Lipinski definition) is 3. The van der Waals surface area contributed by atoms with Gasteiger partial charge in [0.05, 0.1) is 13.3 Å². The predicted octanol–water partition coefficient (Wildman–Crippen LogP) is 2.03. The van der Waals surface area contributed by atoms with Gasteiger partial charge in [0.1, 0.15) is 6.04 Å². The fourth-order valence-corrected chi connectivity index (χ4v) is 2.81. The zero-order valence-electron chi connectivity index (χ0n) is 16.8. The van der Waals surface area contributed by atoms with Crippen molar-refractivity contribution in [1.29, 1.82) is 0 Å². The van der Waals surface area contributed by atoms with Crippen LogP contribution >= 0.6 is 0 Å². The summed E-state index contributed by atoms with van der Waals surface area (Å²) in [6.07, 6.45) is 1.41. The number of rotatable bonds is 7. The molecule has 2 aromatic rings. The third-order valence-corrected chi connectivity index (χ3v) is 4.46. The van der Waals surface area contributed by atoms with E-state index in [1.54, 1.807) is 30.3 Å². The molecule has 1 heterocycles. The molecule has 3 rings (SSSR count). The number of carbonyl (C=O) groups excluding carboxylic acids is 2. The molecule has 9 heteroatoms. The fraction of sp³-hybridized carbons (Fsp3) is 0.286. The fourth-order valence-electron chi connectivity index (χ4n) is 2.81. The Morgan fingerprint density at radius 2 is 1.93 bits per heavy atom. The lowest BCUT2D eigenvalue weighted by molar-refractivity contribution is -0.123. The summed E-state index contributed by atoms with van der Waals surface area (Å²) >= 11 is 0. The molecule has 1 atom stereocenters. The van der Waals surface area contributed by atoms with Gasteiger partial charge in [-0.1, -0.05) is 13.8 Å². The minimum Gasteiger partial charge on any atom is -0.504 e. The van der Waals surface area contributed by atoms with Gasteiger partial charge in [-0.2, -0.15) is 5.10 Å². The van der Waals surface area contributed by atoms with Gasteiger partial charge in [-0.3, -0.25) is 9.59 Å². The molecule has 0 aromatic heterocycles. The molecule has 2 aromatic carbocycles. The number of phenols is 1. The number of nitrogens with one attached hydrogen (secondary N) is 2. The van der Waals surface area contributed by atoms with E-state index >= 15 is 0 Å². The summed E-state index contributed by atoms with van der Waals surface area (Å²) in [5.74, 6) is 0.320. The third kappa shape index (κ3) is 4.80. The Balaban J connectivity index is 1.64. The minimum atomic E-state index is -0.797. The number of carbonyl (C=O) groups is 2. The number of ether oxygens (including phenoxy) is 3. The van der Waals surface area contributed by atoms with Crippen LogP contribution in [0, 0.1) is 5.92 Å². The first-order valence-electron chi connectivity index (χ1n) is 9.29. The van der Waals surface area contributed by atoms with Gasteiger partial charge in [0, 0.05) is 5.56 Å². The molecule has 0 bridgehead atoms. The lowest BCUT2D eigenvalue weighted by atomic mass is 10.0. The van der Waals surface area contributed by atoms with E-state index in [-0.39, 0.29) is 18.5 Å². The maximum atomic E-state index is 12.6. The van der Waals surface area contributed by atoms with Crippen LogP contribution < -0.4 is 25.0 Å². The number of hydrogen-bond acceptors (Lipinski definition) is 7. The van der Waals surface area contributed by atoms with Crippen molar-refractivity contribution in [3.05, 3.63) is 47.5 Å². The molecule has 0 spiro atoms. The van der Waals surface area contributed by atoms with Crippen LogP contribution in [0.15, 0.2) is 41.5 Å². The van der Waals surface area contributed by atoms with Crippen LogP contribution in [0.5, 0.6) is 23.0 Å². The molecular weight excluding hydrogens is 390 g/mol. The van der Waals surface area contributed by atoms with Gasteiger partial charge in [-0.05, 0) is 47.9 Å². The minimum absolute atomic E-state index is 0.00443. The van der Waals surface area contributed by atoms with Crippen LogP contribution in [0.3, 0.4) is 0 Å². The average molecular weight is 413 g/mol. The standard InChI is InChI=1S/C21H23N3O6/c1-12(2)19(23-20(26)14-5-7-16-18(9-14)30-11-29-16)21(27)24-22-10-13-4-6-15(25)17(8-13)28-3/h4-10,12,19,25H,11H2,1-3H3,(H,23,26)(H,24,27). The Kier molecular flexibility index (Phi) is 6.41. The molecule has 1 aliphatic heterocycles. The van der Waals surface area contributed by atoms with Crippen molar-refractivity contribution in [1.82, 2.24) is 10.7 Å². The summed E-state index contributed by atoms with van der Waals surface area (Å²) in [5, 5.41) is 16.3. The number of hydrazone groups is 1. The molecular formula is C21H23N3O6. The van der Waals surface area contributed by atoms with E-state index < -0.39 is 17.9 Å². The van der Waals surface area contributed by atoms with Crippen molar-refractivity contribution in [2.45, 2.75) is 19.9 Å². The number of aromatic hydroxyl groups is 1. The SMILES string of the molecule is COc1cc(C=NNC(=O)C(NC(=O)c2ccc3c(c2)OCO3)C(C)C)ccc1O. The molecule has 1 unspecified atom stereocenters. The summed E-state index contributed by atoms with van der Waals surface area (Å²) in [4.78, 5) is 25.2. The van der Waals surface area contributed by atoms with Crippen molar-refractivity contribution in [2.24, 2.45) is 11.0 Å². The first kappa shape index (κ1) is 21.0. The Bertz CT molecular complexity index is 973. The Morgan fingerprint density at radius 1 is 1.17 bits per heavy atom. The van der Waals surface area contributed by atoms with Gasteiger partial charge in [-0.25, -0.2) is 5.43 Å². The highest BCUT2D eigenvalue weighted by Gasteiger charge is 2.25. The zero-order valence-corrected chi connectivity index (χ0v) is 16.8. The molecule has 9 nitrogen and oxygen atoms in total. The monoisotopic (exact) mass is 413 g/mol. The van der Waals surface area contributed by atoms with Crippen molar-refractivity contribution >= 4 is 18.0 Å². The summed E-state index contributed by atoms with van der Waals surface area (Å²) in [6, 6.07) is 8.69. The highest BCUT2D eigenvalue weighted by atomic mass is 16.7. The van der Waals surface area contributed by atoms with Gasteiger partial charge in [0.2, 0.25) is 6.79 Å². The predicted molar refractivity (Wildman–Crippen MR) is 109 cm³/mol. The number of fused-ring (bicyclic) bond motifs is 1. The largest absolute Gasteiger partial charge is 0.504 e. The van der Waals surface area contributed by atoms with Crippen molar-refractivity contribution in [3.8, 4) is 23.0 Å². The second-order valence-corrected chi connectivity index (χ2v) is 6.93. The van der Waals surface area contributed by atoms with E-state index in [1.807, 2.05) is 13.8 Å². The molecule has 0 saturated carbocycles. The van der Waals surface area contributed by atoms with E-state index in [1.165, 1.54) is 19.4 Å². The quantitative estimate of drug-likeness (QED) is 0.472. The molecule has 0 fully saturated rings. The molecule has 1 aliphatic rings. The number of nitrogens with zero attached hydrogens (tertiary/aromatic N) is 1. The Morgan fingerprint density at radius 3 is 2.67 bits per heavy atom. The van der Waals surface area contributed by atoms with Gasteiger partial charge in [-0.15, -0.1) is 0 Å². The van der Waals surface area contributed by atoms with Crippen LogP contribution in [0.2, 0.25) is 0 Å². The summed E-state index contributed by atoms with van der Waals surface area (Å²) < 4.78 is 15.6. The van der Waals surface area contributed by atoms with Crippen LogP contribution in [-0.2, 0) is 4.79 Å². The van der Waals surface area contributed by atoms with Gasteiger partial charge in [0.15, 0.2) is 23.0 Å². The normalized spacial score (nSPS) is 13.3. The molecule has 30 heavy (non-hydrogen) atoms. The van der Waals surface area contributed by atoms with Crippen molar-refractivity contribution in [3.63, 3.8) is 0 Å². The average Bonchev–Trinajstić information content (AvgIpc) is 3.20. The second-order valence-electron chi connectivity index (χ2n) is 6.93. The summed E-state index contributed by atoms with van der Waals surface area (Å²) in [7, 11) is 1.44. The highest BCUT2D eigenvalue weighted by Crippen LogP contribution is 2.32. The number of phenolic OH excluding ortho intramolecular Hbond substituents is 1. The van der Waals surface area contributed by atoms with Gasteiger partial charge >= 0.3 is 0 Å². The lowest BCUT2D eigenvalue weighted by Gasteiger charge is -2.20. The second kappa shape index (κ2) is 9.17. The third-order valence-electron chi connectivity index (χ3n) is 4.46. The van der Waals surface area contributed by atoms with E-state index in [0.29, 0.717) is 28.4 Å². The first-order valence-corrected chi connectivity index (χ1v) is 9.29. The van der Waals surface area contributed by atoms with Gasteiger partial charge in [0.25, 0.3) is 11.8 Å². The Hall–Kier alpha value is -3.75. The van der Waals surface area contributed by atoms with Crippen LogP contribution in [0.4, 0.5) is 0 Å². The van der Waals surface area contributed by atoms with Crippen LogP contribution in [-0.4, -0.2) is 43.1 Å². The summed E-state index contributed by atoms with van der Waals surface area (Å²) in [5.41, 5.74) is 3.41. The van der Waals surface area contributed by atoms with Crippen LogP contribution in [0.25, 0.3) is 0 Å². The Labute approximate surface area is 173 Å². The molecule has 0 saturated heterocycles. The number of methoxy groups -OCH3 is 1. The molecule has 158 valence electrons. The van der Waals surface area contributed by atoms with E-state index in [2.05, 4.69) is 15.8 Å². The number of amides is 2. The number of benzene rings is 2. The van der Waals surface area contributed by atoms with Crippen molar-refractivity contribution in [2.75, 3.05) is 13.9 Å². The van der Waals surface area contributed by atoms with E-state index in [4.69, 9.17) is 14.2 Å². The summed E-state index contributed by atoms with van der Waals surface area (Å²) in [6.45, 7) is 3.75. The first-order chi connectivity index (χ1) is 14.4. The van der Waals surface area contributed by atoms with E-state index in [0.717, 1.165) is 0 Å². The van der Waals surface area contributed by atoms with Crippen LogP contribution in [0.1, 0.15) is 29.8 Å². The molecule has 0 aliphatic carbocycles.